The lowest BCUT2D eigenvalue weighted by Crippen LogP contribution is -2.40. The van der Waals surface area contributed by atoms with Crippen LogP contribution in [0.3, 0.4) is 0 Å². The molecule has 0 amide bonds. The summed E-state index contributed by atoms with van der Waals surface area (Å²) in [6, 6.07) is 40.1. The second kappa shape index (κ2) is 27.0. The van der Waals surface area contributed by atoms with E-state index in [0.717, 1.165) is 0 Å². The molecular weight excluding hydrogens is 1020 g/mol. The van der Waals surface area contributed by atoms with E-state index < -0.39 is 34.7 Å². The first-order chi connectivity index (χ1) is 35.1. The number of esters is 3. The van der Waals surface area contributed by atoms with Crippen molar-refractivity contribution in [2.24, 2.45) is 0 Å². The largest absolute Gasteiger partial charge is 0.476 e. The van der Waals surface area contributed by atoms with Crippen molar-refractivity contribution < 1.29 is 57.2 Å². The summed E-state index contributed by atoms with van der Waals surface area (Å²) in [6.45, 7) is 20.6. The van der Waals surface area contributed by atoms with Crippen LogP contribution in [0.1, 0.15) is 131 Å². The van der Waals surface area contributed by atoms with Crippen LogP contribution in [0.4, 0.5) is 0 Å². The molecule has 6 aromatic rings. The number of ketones is 3. The highest BCUT2D eigenvalue weighted by molar-refractivity contribution is 6.31. The van der Waals surface area contributed by atoms with Crippen LogP contribution < -0.4 is 14.2 Å². The van der Waals surface area contributed by atoms with Crippen LogP contribution in [-0.4, -0.2) is 70.4 Å². The molecule has 0 N–H and O–H groups in total. The number of hydrogen-bond donors (Lipinski definition) is 0. The van der Waals surface area contributed by atoms with Gasteiger partial charge in [0.25, 0.3) is 0 Å². The molecule has 75 heavy (non-hydrogen) atoms. The van der Waals surface area contributed by atoms with Gasteiger partial charge in [0.05, 0.1) is 18.3 Å². The Morgan fingerprint density at radius 3 is 0.627 bits per heavy atom. The summed E-state index contributed by atoms with van der Waals surface area (Å²) in [7, 11) is 0. The summed E-state index contributed by atoms with van der Waals surface area (Å²) in [5, 5.41) is 1.74. The monoisotopic (exact) mass is 1080 g/mol. The average Bonchev–Trinajstić information content (AvgIpc) is 3.34. The van der Waals surface area contributed by atoms with Gasteiger partial charge in [0, 0.05) is 48.4 Å². The Bertz CT molecular complexity index is 2560. The smallest absolute Gasteiger partial charge is 0.350 e. The SMILES string of the molecule is CC(C)OC(=O)C(C)(C)Oc1ccc(C(=O)c2ccc(Cl)cc2)cc1.CC(C)OC(=O)C(C)(C)Oc1ccc(C(=O)c2ccc(Cl)cc2)cc1.CC(C)OC(=O)C(C)(C)Oc1ccc(C(=O)c2ccc(Cl)cc2)cc1. The number of hydrogen-bond acceptors (Lipinski definition) is 12. The van der Waals surface area contributed by atoms with Gasteiger partial charge in [0.15, 0.2) is 34.2 Å². The van der Waals surface area contributed by atoms with Crippen molar-refractivity contribution in [3.05, 3.63) is 194 Å². The van der Waals surface area contributed by atoms with Crippen LogP contribution >= 0.6 is 34.8 Å². The molecule has 0 bridgehead atoms. The Morgan fingerprint density at radius 1 is 0.307 bits per heavy atom. The second-order valence-electron chi connectivity index (χ2n) is 19.3. The molecule has 0 spiro atoms. The lowest BCUT2D eigenvalue weighted by molar-refractivity contribution is -0.163. The number of ether oxygens (including phenoxy) is 6. The van der Waals surface area contributed by atoms with Crippen LogP contribution in [0.5, 0.6) is 17.2 Å². The molecule has 15 heteroatoms. The highest BCUT2D eigenvalue weighted by Gasteiger charge is 2.34. The van der Waals surface area contributed by atoms with Gasteiger partial charge < -0.3 is 28.4 Å². The molecule has 12 nitrogen and oxygen atoms in total. The molecule has 0 aromatic heterocycles. The van der Waals surface area contributed by atoms with E-state index in [-0.39, 0.29) is 35.7 Å². The minimum atomic E-state index is -1.12. The van der Waals surface area contributed by atoms with E-state index in [9.17, 15) is 28.8 Å². The van der Waals surface area contributed by atoms with Gasteiger partial charge in [-0.2, -0.15) is 0 Å². The van der Waals surface area contributed by atoms with Gasteiger partial charge in [-0.3, -0.25) is 14.4 Å². The second-order valence-corrected chi connectivity index (χ2v) is 20.6. The summed E-state index contributed by atoms with van der Waals surface area (Å²) in [6.07, 6.45) is -0.640. The maximum atomic E-state index is 12.4. The van der Waals surface area contributed by atoms with Gasteiger partial charge in [-0.25, -0.2) is 14.4 Å². The molecule has 0 saturated carbocycles. The number of rotatable bonds is 18. The molecule has 6 aromatic carbocycles. The molecule has 0 fully saturated rings. The third-order valence-corrected chi connectivity index (χ3v) is 11.0. The van der Waals surface area contributed by atoms with Crippen molar-refractivity contribution in [3.8, 4) is 17.2 Å². The van der Waals surface area contributed by atoms with Crippen LogP contribution in [0.2, 0.25) is 15.1 Å². The van der Waals surface area contributed by atoms with Crippen molar-refractivity contribution in [1.82, 2.24) is 0 Å². The first-order valence-electron chi connectivity index (χ1n) is 24.0. The summed E-state index contributed by atoms with van der Waals surface area (Å²) in [4.78, 5) is 73.4. The topological polar surface area (TPSA) is 158 Å². The Balaban J connectivity index is 0.000000243. The molecule has 0 saturated heterocycles. The summed E-state index contributed by atoms with van der Waals surface area (Å²) in [5.74, 6) is -0.198. The first-order valence-corrected chi connectivity index (χ1v) is 25.1. The molecule has 0 aliphatic rings. The van der Waals surface area contributed by atoms with Crippen molar-refractivity contribution in [2.45, 2.75) is 118 Å². The summed E-state index contributed by atoms with van der Waals surface area (Å²) in [5.41, 5.74) is -0.118. The van der Waals surface area contributed by atoms with Crippen LogP contribution in [0.25, 0.3) is 0 Å². The van der Waals surface area contributed by atoms with E-state index in [4.69, 9.17) is 63.2 Å². The van der Waals surface area contributed by atoms with Crippen LogP contribution in [-0.2, 0) is 28.6 Å². The molecule has 6 rings (SSSR count). The normalized spacial score (nSPS) is 11.3. The van der Waals surface area contributed by atoms with Crippen molar-refractivity contribution in [3.63, 3.8) is 0 Å². The molecular formula is C60H63Cl3O12. The van der Waals surface area contributed by atoms with Crippen molar-refractivity contribution in [2.75, 3.05) is 0 Å². The zero-order valence-electron chi connectivity index (χ0n) is 44.1. The first kappa shape index (κ1) is 60.6. The number of benzene rings is 6. The molecule has 0 aliphatic heterocycles. The Hall–Kier alpha value is -6.99. The quantitative estimate of drug-likeness (QED) is 0.0456. The van der Waals surface area contributed by atoms with E-state index >= 15 is 0 Å². The molecule has 0 heterocycles. The van der Waals surface area contributed by atoms with Crippen molar-refractivity contribution in [1.29, 1.82) is 0 Å². The van der Waals surface area contributed by atoms with E-state index in [1.165, 1.54) is 0 Å². The predicted molar refractivity (Wildman–Crippen MR) is 292 cm³/mol. The predicted octanol–water partition coefficient (Wildman–Crippen LogP) is 14.0. The number of halogens is 3. The molecule has 0 atom stereocenters. The van der Waals surface area contributed by atoms with Gasteiger partial charge in [-0.15, -0.1) is 0 Å². The minimum Gasteiger partial charge on any atom is -0.476 e. The van der Waals surface area contributed by atoms with Gasteiger partial charge in [0.1, 0.15) is 17.2 Å². The van der Waals surface area contributed by atoms with E-state index in [1.54, 1.807) is 229 Å². The zero-order valence-corrected chi connectivity index (χ0v) is 46.4. The maximum absolute atomic E-state index is 12.4. The maximum Gasteiger partial charge on any atom is 0.350 e. The van der Waals surface area contributed by atoms with Gasteiger partial charge in [0.2, 0.25) is 0 Å². The minimum absolute atomic E-state index is 0.110. The fourth-order valence-corrected chi connectivity index (χ4v) is 6.78. The van der Waals surface area contributed by atoms with Gasteiger partial charge in [-0.05, 0) is 229 Å². The fraction of sp³-hybridized carbons (Fsp3) is 0.300. The highest BCUT2D eigenvalue weighted by atomic mass is 35.5. The van der Waals surface area contributed by atoms with Gasteiger partial charge in [-0.1, -0.05) is 34.8 Å². The Kier molecular flexibility index (Phi) is 21.8. The molecule has 0 aliphatic carbocycles. The lowest BCUT2D eigenvalue weighted by Gasteiger charge is -2.25. The zero-order chi connectivity index (χ0) is 55.8. The Morgan fingerprint density at radius 2 is 0.467 bits per heavy atom. The van der Waals surface area contributed by atoms with E-state index in [1.807, 2.05) is 0 Å². The highest BCUT2D eigenvalue weighted by Crippen LogP contribution is 2.26. The van der Waals surface area contributed by atoms with Gasteiger partial charge >= 0.3 is 17.9 Å². The fourth-order valence-electron chi connectivity index (χ4n) is 6.40. The van der Waals surface area contributed by atoms with E-state index in [2.05, 4.69) is 0 Å². The van der Waals surface area contributed by atoms with Crippen LogP contribution in [0.15, 0.2) is 146 Å². The summed E-state index contributed by atoms with van der Waals surface area (Å²) >= 11 is 17.5. The number of carbonyl (C=O) groups is 6. The standard InChI is InChI=1S/3C20H21ClO4/c3*1-13(2)24-19(23)20(3,4)25-17-11-7-15(8-12-17)18(22)14-5-9-16(21)10-6-14/h3*5-13H,1-4H3. The Labute approximate surface area is 454 Å². The van der Waals surface area contributed by atoms with E-state index in [0.29, 0.717) is 65.7 Å². The average molecular weight is 1080 g/mol. The third kappa shape index (κ3) is 19.0. The van der Waals surface area contributed by atoms with Crippen LogP contribution in [0, 0.1) is 0 Å². The third-order valence-electron chi connectivity index (χ3n) is 10.3. The molecule has 396 valence electrons. The summed E-state index contributed by atoms with van der Waals surface area (Å²) < 4.78 is 32.7. The molecule has 0 unspecified atom stereocenters. The lowest BCUT2D eigenvalue weighted by atomic mass is 10.0. The number of carbonyl (C=O) groups excluding carboxylic acids is 6. The van der Waals surface area contributed by atoms with Crippen molar-refractivity contribution >= 4 is 70.1 Å². The molecule has 0 radical (unpaired) electrons.